The van der Waals surface area contributed by atoms with E-state index in [0.717, 1.165) is 50.0 Å². The summed E-state index contributed by atoms with van der Waals surface area (Å²) in [7, 11) is 3.84. The Balaban J connectivity index is 1.58. The number of hydrogen-bond acceptors (Lipinski definition) is 5. The summed E-state index contributed by atoms with van der Waals surface area (Å²) in [6.45, 7) is 5.98. The monoisotopic (exact) mass is 335 g/mol. The fourth-order valence-corrected chi connectivity index (χ4v) is 3.23. The molecule has 2 fully saturated rings. The molecule has 2 heterocycles. The molecule has 5 nitrogen and oxygen atoms in total. The molecule has 0 aliphatic carbocycles. The molecule has 0 N–H and O–H groups in total. The van der Waals surface area contributed by atoms with Gasteiger partial charge in [-0.1, -0.05) is 6.92 Å². The second-order valence-electron chi connectivity index (χ2n) is 7.12. The number of hydrogen-bond donors (Lipinski definition) is 0. The largest absolute Gasteiger partial charge is 0.496 e. The molecule has 1 aromatic carbocycles. The fraction of sp³-hybridized carbons (Fsp3) is 0.684. The van der Waals surface area contributed by atoms with Crippen LogP contribution in [-0.2, 0) is 4.74 Å². The van der Waals surface area contributed by atoms with Crippen molar-refractivity contribution in [2.45, 2.75) is 32.5 Å². The minimum absolute atomic E-state index is 0.172. The molecule has 0 spiro atoms. The normalized spacial score (nSPS) is 25.6. The summed E-state index contributed by atoms with van der Waals surface area (Å²) < 4.78 is 23.0. The van der Waals surface area contributed by atoms with Crippen LogP contribution in [0, 0.1) is 11.8 Å². The van der Waals surface area contributed by atoms with Crippen molar-refractivity contribution < 1.29 is 18.9 Å². The average molecular weight is 335 g/mol. The van der Waals surface area contributed by atoms with Crippen LogP contribution >= 0.6 is 0 Å². The highest BCUT2D eigenvalue weighted by Gasteiger charge is 2.24. The van der Waals surface area contributed by atoms with Crippen molar-refractivity contribution >= 4 is 0 Å². The highest BCUT2D eigenvalue weighted by molar-refractivity contribution is 5.42. The van der Waals surface area contributed by atoms with Crippen molar-refractivity contribution in [1.29, 1.82) is 0 Å². The van der Waals surface area contributed by atoms with Gasteiger partial charge in [0.05, 0.1) is 20.3 Å². The van der Waals surface area contributed by atoms with Gasteiger partial charge in [-0.2, -0.15) is 0 Å². The molecule has 5 heteroatoms. The summed E-state index contributed by atoms with van der Waals surface area (Å²) in [5.41, 5.74) is 0. The molecule has 3 rings (SSSR count). The summed E-state index contributed by atoms with van der Waals surface area (Å²) in [6.07, 6.45) is 3.13. The van der Waals surface area contributed by atoms with E-state index in [0.29, 0.717) is 11.8 Å². The Kier molecular flexibility index (Phi) is 5.85. The number of rotatable bonds is 6. The Bertz CT molecular complexity index is 528. The van der Waals surface area contributed by atoms with Crippen LogP contribution in [0.5, 0.6) is 17.2 Å². The first-order valence-electron chi connectivity index (χ1n) is 8.91. The van der Waals surface area contributed by atoms with E-state index in [-0.39, 0.29) is 6.29 Å². The van der Waals surface area contributed by atoms with Gasteiger partial charge in [-0.25, -0.2) is 0 Å². The Hall–Kier alpha value is -1.46. The predicted octanol–water partition coefficient (Wildman–Crippen LogP) is 3.18. The van der Waals surface area contributed by atoms with Gasteiger partial charge in [0, 0.05) is 24.6 Å². The molecule has 2 aliphatic rings. The SMILES string of the molecule is COc1cc(OCC2CCN(C)CC2)cc(OC2C[C@@H](C)CO2)c1. The minimum Gasteiger partial charge on any atom is -0.496 e. The molecule has 2 aliphatic heterocycles. The number of methoxy groups -OCH3 is 1. The molecule has 1 unspecified atom stereocenters. The third-order valence-corrected chi connectivity index (χ3v) is 4.84. The zero-order chi connectivity index (χ0) is 16.9. The van der Waals surface area contributed by atoms with Crippen molar-refractivity contribution in [2.24, 2.45) is 11.8 Å². The van der Waals surface area contributed by atoms with Crippen LogP contribution in [-0.4, -0.2) is 51.7 Å². The molecule has 0 radical (unpaired) electrons. The van der Waals surface area contributed by atoms with Gasteiger partial charge in [-0.15, -0.1) is 0 Å². The molecule has 0 amide bonds. The molecule has 0 bridgehead atoms. The summed E-state index contributed by atoms with van der Waals surface area (Å²) in [5.74, 6) is 3.45. The number of likely N-dealkylation sites (tertiary alicyclic amines) is 1. The fourth-order valence-electron chi connectivity index (χ4n) is 3.23. The first-order valence-corrected chi connectivity index (χ1v) is 8.91. The van der Waals surface area contributed by atoms with E-state index in [1.54, 1.807) is 7.11 Å². The van der Waals surface area contributed by atoms with E-state index in [2.05, 4.69) is 18.9 Å². The second kappa shape index (κ2) is 8.08. The van der Waals surface area contributed by atoms with E-state index in [1.165, 1.54) is 12.8 Å². The lowest BCUT2D eigenvalue weighted by atomic mass is 9.98. The summed E-state index contributed by atoms with van der Waals surface area (Å²) in [6, 6.07) is 5.73. The highest BCUT2D eigenvalue weighted by Crippen LogP contribution is 2.31. The molecular formula is C19H29NO4. The van der Waals surface area contributed by atoms with Gasteiger partial charge >= 0.3 is 0 Å². The van der Waals surface area contributed by atoms with Gasteiger partial charge in [0.15, 0.2) is 6.29 Å². The molecule has 134 valence electrons. The van der Waals surface area contributed by atoms with Crippen LogP contribution in [0.3, 0.4) is 0 Å². The lowest BCUT2D eigenvalue weighted by Gasteiger charge is -2.28. The van der Waals surface area contributed by atoms with Crippen molar-refractivity contribution in [3.05, 3.63) is 18.2 Å². The first kappa shape index (κ1) is 17.4. The van der Waals surface area contributed by atoms with E-state index in [1.807, 2.05) is 18.2 Å². The van der Waals surface area contributed by atoms with Gasteiger partial charge < -0.3 is 23.8 Å². The van der Waals surface area contributed by atoms with Gasteiger partial charge in [0.1, 0.15) is 17.2 Å². The maximum absolute atomic E-state index is 6.03. The quantitative estimate of drug-likeness (QED) is 0.798. The van der Waals surface area contributed by atoms with Crippen LogP contribution in [0.1, 0.15) is 26.2 Å². The molecule has 0 saturated carbocycles. The first-order chi connectivity index (χ1) is 11.6. The van der Waals surface area contributed by atoms with Gasteiger partial charge in [0.2, 0.25) is 0 Å². The number of piperidine rings is 1. The Labute approximate surface area is 144 Å². The van der Waals surface area contributed by atoms with E-state index in [9.17, 15) is 0 Å². The topological polar surface area (TPSA) is 40.2 Å². The summed E-state index contributed by atoms with van der Waals surface area (Å²) >= 11 is 0. The predicted molar refractivity (Wildman–Crippen MR) is 92.9 cm³/mol. The molecule has 0 aromatic heterocycles. The van der Waals surface area contributed by atoms with Crippen molar-refractivity contribution in [1.82, 2.24) is 4.90 Å². The lowest BCUT2D eigenvalue weighted by molar-refractivity contribution is -0.0395. The Morgan fingerprint density at radius 2 is 1.83 bits per heavy atom. The third kappa shape index (κ3) is 4.77. The van der Waals surface area contributed by atoms with Gasteiger partial charge in [-0.05, 0) is 44.8 Å². The Morgan fingerprint density at radius 1 is 1.12 bits per heavy atom. The Morgan fingerprint density at radius 3 is 2.50 bits per heavy atom. The highest BCUT2D eigenvalue weighted by atomic mass is 16.7. The zero-order valence-corrected chi connectivity index (χ0v) is 15.0. The molecule has 24 heavy (non-hydrogen) atoms. The minimum atomic E-state index is -0.172. The van der Waals surface area contributed by atoms with Crippen molar-refractivity contribution in [3.8, 4) is 17.2 Å². The maximum Gasteiger partial charge on any atom is 0.200 e. The van der Waals surface area contributed by atoms with Crippen molar-refractivity contribution in [2.75, 3.05) is 40.5 Å². The van der Waals surface area contributed by atoms with E-state index in [4.69, 9.17) is 18.9 Å². The smallest absolute Gasteiger partial charge is 0.200 e. The lowest BCUT2D eigenvalue weighted by Crippen LogP contribution is -2.32. The van der Waals surface area contributed by atoms with E-state index < -0.39 is 0 Å². The van der Waals surface area contributed by atoms with Gasteiger partial charge in [0.25, 0.3) is 0 Å². The molecule has 1 aromatic rings. The molecular weight excluding hydrogens is 306 g/mol. The second-order valence-corrected chi connectivity index (χ2v) is 7.12. The number of nitrogens with zero attached hydrogens (tertiary/aromatic N) is 1. The van der Waals surface area contributed by atoms with Crippen molar-refractivity contribution in [3.63, 3.8) is 0 Å². The van der Waals surface area contributed by atoms with E-state index >= 15 is 0 Å². The third-order valence-electron chi connectivity index (χ3n) is 4.84. The van der Waals surface area contributed by atoms with Gasteiger partial charge in [-0.3, -0.25) is 0 Å². The maximum atomic E-state index is 6.03. The summed E-state index contributed by atoms with van der Waals surface area (Å²) in [5, 5.41) is 0. The number of benzene rings is 1. The standard InChI is InChI=1S/C19H29NO4/c1-14-8-19(23-12-14)24-18-10-16(21-3)9-17(11-18)22-13-15-4-6-20(2)7-5-15/h9-11,14-15,19H,4-8,12-13H2,1-3H3/t14-,19?/m1/s1. The van der Waals surface area contributed by atoms with Crippen LogP contribution in [0.25, 0.3) is 0 Å². The zero-order valence-electron chi connectivity index (χ0n) is 15.0. The molecule has 2 saturated heterocycles. The van der Waals surface area contributed by atoms with Crippen LogP contribution in [0.15, 0.2) is 18.2 Å². The average Bonchev–Trinajstić information content (AvgIpc) is 2.99. The molecule has 2 atom stereocenters. The van der Waals surface area contributed by atoms with Crippen LogP contribution in [0.2, 0.25) is 0 Å². The van der Waals surface area contributed by atoms with Crippen LogP contribution in [0.4, 0.5) is 0 Å². The van der Waals surface area contributed by atoms with Crippen LogP contribution < -0.4 is 14.2 Å². The summed E-state index contributed by atoms with van der Waals surface area (Å²) in [4.78, 5) is 2.37. The number of ether oxygens (including phenoxy) is 4.